The highest BCUT2D eigenvalue weighted by atomic mass is 16.3. The minimum atomic E-state index is -0.472. The van der Waals surface area contributed by atoms with Gasteiger partial charge in [-0.2, -0.15) is 0 Å². The minimum absolute atomic E-state index is 0.0131. The molecule has 1 atom stereocenters. The van der Waals surface area contributed by atoms with Gasteiger partial charge in [0.1, 0.15) is 5.76 Å². The van der Waals surface area contributed by atoms with Gasteiger partial charge in [0.25, 0.3) is 0 Å². The smallest absolute Gasteiger partial charge is 0.102 e. The monoisotopic (exact) mass is 117 g/mol. The van der Waals surface area contributed by atoms with E-state index in [4.69, 9.17) is 15.9 Å². The van der Waals surface area contributed by atoms with E-state index < -0.39 is 6.04 Å². The van der Waals surface area contributed by atoms with Crippen LogP contribution in [-0.2, 0) is 0 Å². The van der Waals surface area contributed by atoms with Crippen molar-refractivity contribution >= 4 is 0 Å². The zero-order chi connectivity index (χ0) is 6.57. The lowest BCUT2D eigenvalue weighted by molar-refractivity contribution is 0.263. The fourth-order valence-corrected chi connectivity index (χ4v) is 0.306. The van der Waals surface area contributed by atoms with Gasteiger partial charge in [-0.05, 0) is 6.42 Å². The van der Waals surface area contributed by atoms with Gasteiger partial charge in [0.15, 0.2) is 0 Å². The fourth-order valence-electron chi connectivity index (χ4n) is 0.306. The molecule has 0 rings (SSSR count). The fraction of sp³-hybridized carbons (Fsp3) is 0.600. The summed E-state index contributed by atoms with van der Waals surface area (Å²) >= 11 is 0. The Kier molecular flexibility index (Phi) is 3.23. The number of hydrogen-bond donors (Lipinski definition) is 3. The molecule has 0 spiro atoms. The third kappa shape index (κ3) is 2.60. The van der Waals surface area contributed by atoms with Gasteiger partial charge in [0.05, 0.1) is 6.04 Å². The van der Waals surface area contributed by atoms with Gasteiger partial charge in [0, 0.05) is 6.61 Å². The molecule has 0 unspecified atom stereocenters. The largest absolute Gasteiger partial charge is 0.511 e. The molecule has 3 nitrogen and oxygen atoms in total. The Morgan fingerprint density at radius 2 is 2.25 bits per heavy atom. The molecule has 0 aliphatic rings. The van der Waals surface area contributed by atoms with E-state index in [1.807, 2.05) is 0 Å². The first-order valence-corrected chi connectivity index (χ1v) is 2.42. The summed E-state index contributed by atoms with van der Waals surface area (Å²) in [5.74, 6) is -0.0703. The summed E-state index contributed by atoms with van der Waals surface area (Å²) < 4.78 is 0. The molecule has 0 aliphatic carbocycles. The predicted molar refractivity (Wildman–Crippen MR) is 31.4 cm³/mol. The normalized spacial score (nSPS) is 13.2. The molecule has 0 saturated heterocycles. The maximum absolute atomic E-state index is 8.52. The highest BCUT2D eigenvalue weighted by Gasteiger charge is 2.01. The zero-order valence-corrected chi connectivity index (χ0v) is 4.67. The molecule has 48 valence electrons. The standard InChI is InChI=1S/C5H11NO2/c1-4(8)5(6)2-3-7/h5,7-8H,1-3,6H2/t5-/m0/s1. The van der Waals surface area contributed by atoms with Crippen LogP contribution in [0.25, 0.3) is 0 Å². The first-order chi connectivity index (χ1) is 3.68. The van der Waals surface area contributed by atoms with Gasteiger partial charge in [-0.1, -0.05) is 6.58 Å². The van der Waals surface area contributed by atoms with E-state index in [1.54, 1.807) is 0 Å². The van der Waals surface area contributed by atoms with E-state index in [-0.39, 0.29) is 12.4 Å². The Morgan fingerprint density at radius 1 is 1.75 bits per heavy atom. The number of aliphatic hydroxyl groups excluding tert-OH is 2. The van der Waals surface area contributed by atoms with Gasteiger partial charge in [-0.15, -0.1) is 0 Å². The second kappa shape index (κ2) is 3.46. The molecule has 0 aromatic rings. The maximum atomic E-state index is 8.52. The number of rotatable bonds is 3. The molecule has 0 amide bonds. The third-order valence-electron chi connectivity index (χ3n) is 0.868. The van der Waals surface area contributed by atoms with Crippen molar-refractivity contribution in [3.8, 4) is 0 Å². The molecule has 8 heavy (non-hydrogen) atoms. The Labute approximate surface area is 48.4 Å². The van der Waals surface area contributed by atoms with Crippen LogP contribution in [-0.4, -0.2) is 22.9 Å². The van der Waals surface area contributed by atoms with Gasteiger partial charge < -0.3 is 15.9 Å². The molecule has 0 fully saturated rings. The number of aliphatic hydroxyl groups is 2. The first kappa shape index (κ1) is 7.46. The highest BCUT2D eigenvalue weighted by molar-refractivity contribution is 4.91. The summed E-state index contributed by atoms with van der Waals surface area (Å²) in [6.45, 7) is 3.18. The second-order valence-electron chi connectivity index (χ2n) is 1.61. The van der Waals surface area contributed by atoms with Gasteiger partial charge >= 0.3 is 0 Å². The Morgan fingerprint density at radius 3 is 2.38 bits per heavy atom. The lowest BCUT2D eigenvalue weighted by Crippen LogP contribution is -2.22. The van der Waals surface area contributed by atoms with Crippen molar-refractivity contribution in [2.24, 2.45) is 5.73 Å². The lowest BCUT2D eigenvalue weighted by Gasteiger charge is -2.05. The van der Waals surface area contributed by atoms with Crippen molar-refractivity contribution < 1.29 is 10.2 Å². The first-order valence-electron chi connectivity index (χ1n) is 2.42. The molecule has 4 N–H and O–H groups in total. The SMILES string of the molecule is C=C(O)[C@@H](N)CCO. The van der Waals surface area contributed by atoms with Crippen LogP contribution >= 0.6 is 0 Å². The molecule has 0 aromatic heterocycles. The summed E-state index contributed by atoms with van der Waals surface area (Å²) in [6.07, 6.45) is 0.370. The Hall–Kier alpha value is -0.540. The molecule has 0 aromatic carbocycles. The zero-order valence-electron chi connectivity index (χ0n) is 4.67. The van der Waals surface area contributed by atoms with Crippen molar-refractivity contribution in [3.05, 3.63) is 12.3 Å². The molecule has 3 heteroatoms. The summed E-state index contributed by atoms with van der Waals surface area (Å²) in [4.78, 5) is 0. The van der Waals surface area contributed by atoms with Crippen LogP contribution in [0, 0.1) is 0 Å². The molecular formula is C5H11NO2. The molecular weight excluding hydrogens is 106 g/mol. The van der Waals surface area contributed by atoms with Gasteiger partial charge in [0.2, 0.25) is 0 Å². The van der Waals surface area contributed by atoms with E-state index in [1.165, 1.54) is 0 Å². The van der Waals surface area contributed by atoms with E-state index in [0.29, 0.717) is 6.42 Å². The average Bonchev–Trinajstić information content (AvgIpc) is 1.67. The lowest BCUT2D eigenvalue weighted by atomic mass is 10.2. The molecule has 0 aliphatic heterocycles. The van der Waals surface area contributed by atoms with Gasteiger partial charge in [-0.25, -0.2) is 0 Å². The highest BCUT2D eigenvalue weighted by Crippen LogP contribution is 1.93. The van der Waals surface area contributed by atoms with Crippen LogP contribution in [0.4, 0.5) is 0 Å². The van der Waals surface area contributed by atoms with Crippen LogP contribution in [0.15, 0.2) is 12.3 Å². The van der Waals surface area contributed by atoms with Crippen molar-refractivity contribution in [2.45, 2.75) is 12.5 Å². The van der Waals surface area contributed by atoms with Crippen LogP contribution in [0.5, 0.6) is 0 Å². The van der Waals surface area contributed by atoms with Crippen molar-refractivity contribution in [1.29, 1.82) is 0 Å². The predicted octanol–water partition coefficient (Wildman–Crippen LogP) is -0.232. The maximum Gasteiger partial charge on any atom is 0.102 e. The molecule has 0 heterocycles. The van der Waals surface area contributed by atoms with E-state index >= 15 is 0 Å². The molecule has 0 bridgehead atoms. The molecule has 0 saturated carbocycles. The van der Waals surface area contributed by atoms with Crippen LogP contribution in [0.1, 0.15) is 6.42 Å². The Bertz CT molecular complexity index is 82.5. The van der Waals surface area contributed by atoms with Gasteiger partial charge in [-0.3, -0.25) is 0 Å². The summed E-state index contributed by atoms with van der Waals surface area (Å²) in [5, 5.41) is 16.8. The van der Waals surface area contributed by atoms with Crippen LogP contribution in [0.3, 0.4) is 0 Å². The van der Waals surface area contributed by atoms with E-state index in [9.17, 15) is 0 Å². The minimum Gasteiger partial charge on any atom is -0.511 e. The van der Waals surface area contributed by atoms with Crippen LogP contribution in [0.2, 0.25) is 0 Å². The third-order valence-corrected chi connectivity index (χ3v) is 0.868. The van der Waals surface area contributed by atoms with E-state index in [0.717, 1.165) is 0 Å². The van der Waals surface area contributed by atoms with Crippen LogP contribution < -0.4 is 5.73 Å². The average molecular weight is 117 g/mol. The van der Waals surface area contributed by atoms with Crippen molar-refractivity contribution in [2.75, 3.05) is 6.61 Å². The summed E-state index contributed by atoms with van der Waals surface area (Å²) in [5.41, 5.74) is 5.22. The quantitative estimate of drug-likeness (QED) is 0.447. The molecule has 0 radical (unpaired) electrons. The Balaban J connectivity index is 3.32. The second-order valence-corrected chi connectivity index (χ2v) is 1.61. The number of nitrogens with two attached hydrogens (primary N) is 1. The topological polar surface area (TPSA) is 66.5 Å². The summed E-state index contributed by atoms with van der Waals surface area (Å²) in [7, 11) is 0. The summed E-state index contributed by atoms with van der Waals surface area (Å²) in [6, 6.07) is -0.472. The van der Waals surface area contributed by atoms with E-state index in [2.05, 4.69) is 6.58 Å². The number of hydrogen-bond acceptors (Lipinski definition) is 3. The van der Waals surface area contributed by atoms with Crippen molar-refractivity contribution in [1.82, 2.24) is 0 Å². The van der Waals surface area contributed by atoms with Crippen molar-refractivity contribution in [3.63, 3.8) is 0 Å².